The molecule has 1 aromatic heterocycles. The maximum atomic E-state index is 12.8. The van der Waals surface area contributed by atoms with Crippen LogP contribution in [0.15, 0.2) is 41.2 Å². The normalized spacial score (nSPS) is 13.9. The van der Waals surface area contributed by atoms with Gasteiger partial charge in [-0.25, -0.2) is 4.79 Å². The van der Waals surface area contributed by atoms with Gasteiger partial charge in [0, 0.05) is 24.5 Å². The summed E-state index contributed by atoms with van der Waals surface area (Å²) in [5.74, 6) is -0.144. The van der Waals surface area contributed by atoms with Gasteiger partial charge in [-0.05, 0) is 43.7 Å². The fraction of sp³-hybridized carbons (Fsp3) is 0.350. The van der Waals surface area contributed by atoms with Crippen LogP contribution >= 0.6 is 0 Å². The molecule has 148 valence electrons. The average molecular weight is 384 g/mol. The lowest BCUT2D eigenvalue weighted by molar-refractivity contribution is -0.135. The predicted molar refractivity (Wildman–Crippen MR) is 107 cm³/mol. The van der Waals surface area contributed by atoms with Crippen LogP contribution in [-0.4, -0.2) is 47.7 Å². The van der Waals surface area contributed by atoms with Crippen LogP contribution in [-0.2, 0) is 16.1 Å². The van der Waals surface area contributed by atoms with Gasteiger partial charge in [-0.15, -0.1) is 0 Å². The molecule has 1 aliphatic heterocycles. The Balaban J connectivity index is 1.72. The van der Waals surface area contributed by atoms with Crippen molar-refractivity contribution >= 4 is 23.3 Å². The second-order valence-corrected chi connectivity index (χ2v) is 6.72. The molecular formula is C20H24N4O4. The molecular weight excluding hydrogens is 360 g/mol. The summed E-state index contributed by atoms with van der Waals surface area (Å²) >= 11 is 0. The Morgan fingerprint density at radius 1 is 1.07 bits per heavy atom. The minimum absolute atomic E-state index is 0.0698. The van der Waals surface area contributed by atoms with E-state index in [1.165, 1.54) is 4.57 Å². The number of carbonyl (C=O) groups excluding carboxylic acids is 2. The van der Waals surface area contributed by atoms with Gasteiger partial charge in [-0.3, -0.25) is 9.59 Å². The average Bonchev–Trinajstić information content (AvgIpc) is 2.68. The van der Waals surface area contributed by atoms with E-state index < -0.39 is 11.6 Å². The Morgan fingerprint density at radius 2 is 1.82 bits per heavy atom. The van der Waals surface area contributed by atoms with Crippen molar-refractivity contribution in [2.45, 2.75) is 20.4 Å². The minimum Gasteiger partial charge on any atom is -0.378 e. The first-order chi connectivity index (χ1) is 13.4. The van der Waals surface area contributed by atoms with E-state index in [-0.39, 0.29) is 18.1 Å². The van der Waals surface area contributed by atoms with Gasteiger partial charge in [0.05, 0.1) is 13.2 Å². The maximum Gasteiger partial charge on any atom is 0.323 e. The second kappa shape index (κ2) is 8.71. The molecule has 0 radical (unpaired) electrons. The van der Waals surface area contributed by atoms with Gasteiger partial charge in [0.2, 0.25) is 5.91 Å². The van der Waals surface area contributed by atoms with Gasteiger partial charge in [0.15, 0.2) is 0 Å². The quantitative estimate of drug-likeness (QED) is 0.843. The van der Waals surface area contributed by atoms with Crippen LogP contribution < -0.4 is 16.2 Å². The summed E-state index contributed by atoms with van der Waals surface area (Å²) < 4.78 is 6.62. The number of urea groups is 1. The fourth-order valence-electron chi connectivity index (χ4n) is 3.02. The Kier molecular flexibility index (Phi) is 6.10. The Morgan fingerprint density at radius 3 is 2.54 bits per heavy atom. The van der Waals surface area contributed by atoms with Crippen LogP contribution in [0, 0.1) is 13.8 Å². The predicted octanol–water partition coefficient (Wildman–Crippen LogP) is 1.97. The number of pyridine rings is 1. The van der Waals surface area contributed by atoms with Gasteiger partial charge in [-0.2, -0.15) is 0 Å². The molecule has 3 amide bonds. The summed E-state index contributed by atoms with van der Waals surface area (Å²) in [6, 6.07) is 10.1. The number of nitrogens with zero attached hydrogens (tertiary/aromatic N) is 2. The van der Waals surface area contributed by atoms with Gasteiger partial charge in [0.1, 0.15) is 12.2 Å². The molecule has 0 aliphatic carbocycles. The highest BCUT2D eigenvalue weighted by Gasteiger charge is 2.19. The highest BCUT2D eigenvalue weighted by Crippen LogP contribution is 2.11. The van der Waals surface area contributed by atoms with E-state index in [0.717, 1.165) is 5.56 Å². The second-order valence-electron chi connectivity index (χ2n) is 6.72. The number of amides is 3. The van der Waals surface area contributed by atoms with Crippen LogP contribution in [0.5, 0.6) is 0 Å². The number of carbonyl (C=O) groups is 2. The van der Waals surface area contributed by atoms with Gasteiger partial charge in [0.25, 0.3) is 5.56 Å². The van der Waals surface area contributed by atoms with Crippen LogP contribution in [0.25, 0.3) is 0 Å². The van der Waals surface area contributed by atoms with Crippen molar-refractivity contribution in [2.75, 3.05) is 36.9 Å². The van der Waals surface area contributed by atoms with Crippen molar-refractivity contribution in [1.82, 2.24) is 9.47 Å². The van der Waals surface area contributed by atoms with E-state index >= 15 is 0 Å². The number of aryl methyl sites for hydroxylation is 2. The summed E-state index contributed by atoms with van der Waals surface area (Å²) in [5, 5.41) is 5.27. The largest absolute Gasteiger partial charge is 0.378 e. The minimum atomic E-state index is -0.516. The molecule has 1 aromatic carbocycles. The topological polar surface area (TPSA) is 92.7 Å². The smallest absolute Gasteiger partial charge is 0.323 e. The molecule has 1 saturated heterocycles. The van der Waals surface area contributed by atoms with Crippen molar-refractivity contribution in [3.8, 4) is 0 Å². The fourth-order valence-corrected chi connectivity index (χ4v) is 3.02. The van der Waals surface area contributed by atoms with E-state index in [4.69, 9.17) is 4.74 Å². The summed E-state index contributed by atoms with van der Waals surface area (Å²) in [4.78, 5) is 39.2. The molecule has 0 atom stereocenters. The molecule has 1 fully saturated rings. The first-order valence-electron chi connectivity index (χ1n) is 9.14. The van der Waals surface area contributed by atoms with Gasteiger partial charge in [-0.1, -0.05) is 12.1 Å². The number of benzene rings is 1. The summed E-state index contributed by atoms with van der Waals surface area (Å²) in [6.07, 6.45) is 0. The number of hydrogen-bond acceptors (Lipinski definition) is 4. The van der Waals surface area contributed by atoms with Crippen molar-refractivity contribution in [2.24, 2.45) is 0 Å². The molecule has 28 heavy (non-hydrogen) atoms. The van der Waals surface area contributed by atoms with E-state index in [2.05, 4.69) is 10.6 Å². The van der Waals surface area contributed by atoms with Crippen molar-refractivity contribution in [3.63, 3.8) is 0 Å². The Labute approximate surface area is 163 Å². The highest BCUT2D eigenvalue weighted by atomic mass is 16.5. The molecule has 0 bridgehead atoms. The van der Waals surface area contributed by atoms with Gasteiger partial charge < -0.3 is 24.8 Å². The number of aromatic nitrogens is 1. The van der Waals surface area contributed by atoms with Gasteiger partial charge >= 0.3 is 6.03 Å². The van der Waals surface area contributed by atoms with Crippen LogP contribution in [0.2, 0.25) is 0 Å². The Bertz CT molecular complexity index is 932. The van der Waals surface area contributed by atoms with Crippen LogP contribution in [0.3, 0.4) is 0 Å². The molecule has 2 heterocycles. The zero-order chi connectivity index (χ0) is 20.1. The lowest BCUT2D eigenvalue weighted by atomic mass is 10.2. The Hall–Kier alpha value is -3.13. The van der Waals surface area contributed by atoms with Crippen molar-refractivity contribution in [1.29, 1.82) is 0 Å². The van der Waals surface area contributed by atoms with E-state index in [1.807, 2.05) is 25.1 Å². The SMILES string of the molecule is Cc1cccc(NC(=O)Nc2ccc(C)n(CC(=O)N3CCOCC3)c2=O)c1. The zero-order valence-corrected chi connectivity index (χ0v) is 16.0. The van der Waals surface area contributed by atoms with Crippen LogP contribution in [0.4, 0.5) is 16.2 Å². The lowest BCUT2D eigenvalue weighted by Gasteiger charge is -2.27. The van der Waals surface area contributed by atoms with Crippen LogP contribution in [0.1, 0.15) is 11.3 Å². The number of anilines is 2. The van der Waals surface area contributed by atoms with Crippen molar-refractivity contribution < 1.29 is 14.3 Å². The monoisotopic (exact) mass is 384 g/mol. The molecule has 3 rings (SSSR count). The third kappa shape index (κ3) is 4.77. The van der Waals surface area contributed by atoms with E-state index in [1.54, 1.807) is 30.0 Å². The summed E-state index contributed by atoms with van der Waals surface area (Å²) in [7, 11) is 0. The number of morpholine rings is 1. The molecule has 8 heteroatoms. The number of ether oxygens (including phenoxy) is 1. The third-order valence-electron chi connectivity index (χ3n) is 4.57. The maximum absolute atomic E-state index is 12.8. The first-order valence-corrected chi connectivity index (χ1v) is 9.14. The summed E-state index contributed by atoms with van der Waals surface area (Å²) in [6.45, 7) is 5.64. The molecule has 0 unspecified atom stereocenters. The molecule has 2 aromatic rings. The molecule has 0 spiro atoms. The molecule has 2 N–H and O–H groups in total. The standard InChI is InChI=1S/C20H24N4O4/c1-14-4-3-5-16(12-14)21-20(27)22-17-7-6-15(2)24(19(17)26)13-18(25)23-8-10-28-11-9-23/h3-7,12H,8-11,13H2,1-2H3,(H2,21,22,27). The molecule has 1 aliphatic rings. The number of nitrogens with one attached hydrogen (secondary N) is 2. The molecule has 8 nitrogen and oxygen atoms in total. The lowest BCUT2D eigenvalue weighted by Crippen LogP contribution is -2.43. The first kappa shape index (κ1) is 19.6. The van der Waals surface area contributed by atoms with Crippen molar-refractivity contribution in [3.05, 3.63) is 58.0 Å². The number of rotatable bonds is 4. The highest BCUT2D eigenvalue weighted by molar-refractivity contribution is 5.99. The summed E-state index contributed by atoms with van der Waals surface area (Å²) in [5.41, 5.74) is 1.99. The third-order valence-corrected chi connectivity index (χ3v) is 4.57. The van der Waals surface area contributed by atoms with E-state index in [9.17, 15) is 14.4 Å². The molecule has 0 saturated carbocycles. The van der Waals surface area contributed by atoms with E-state index in [0.29, 0.717) is 37.7 Å². The zero-order valence-electron chi connectivity index (χ0n) is 16.0. The number of hydrogen-bond donors (Lipinski definition) is 2.